The number of rotatable bonds is 3. The normalized spacial score (nSPS) is 25.8. The van der Waals surface area contributed by atoms with Gasteiger partial charge in [0, 0.05) is 15.6 Å². The number of halogens is 1. The Kier molecular flexibility index (Phi) is 4.08. The third-order valence-electron chi connectivity index (χ3n) is 2.66. The van der Waals surface area contributed by atoms with Crippen molar-refractivity contribution in [2.45, 2.75) is 18.1 Å². The minimum atomic E-state index is 0.247. The molecule has 0 radical (unpaired) electrons. The summed E-state index contributed by atoms with van der Waals surface area (Å²) in [5, 5.41) is 0.937. The molecule has 0 saturated carbocycles. The molecule has 0 N–H and O–H groups in total. The summed E-state index contributed by atoms with van der Waals surface area (Å²) in [4.78, 5) is 11.7. The summed E-state index contributed by atoms with van der Waals surface area (Å²) in [5.74, 6) is 0.247. The van der Waals surface area contributed by atoms with Crippen LogP contribution in [0.25, 0.3) is 0 Å². The summed E-state index contributed by atoms with van der Waals surface area (Å²) >= 11 is 3.91. The second-order valence-corrected chi connectivity index (χ2v) is 6.02. The minimum Gasteiger partial charge on any atom is -0.287 e. The molecule has 1 saturated heterocycles. The molecular formula is C12H13IOS. The van der Waals surface area contributed by atoms with Crippen molar-refractivity contribution in [3.05, 3.63) is 35.9 Å². The lowest BCUT2D eigenvalue weighted by Gasteiger charge is -2.07. The van der Waals surface area contributed by atoms with E-state index >= 15 is 0 Å². The molecule has 1 aliphatic rings. The SMILES string of the molecule is O=C1S[C@H](CI)C[C@H]1Cc1ccccc1. The van der Waals surface area contributed by atoms with Crippen LogP contribution >= 0.6 is 34.4 Å². The van der Waals surface area contributed by atoms with Crippen LogP contribution in [0.4, 0.5) is 0 Å². The number of thioether (sulfide) groups is 1. The molecule has 1 nitrogen and oxygen atoms in total. The van der Waals surface area contributed by atoms with Crippen LogP contribution in [0, 0.1) is 5.92 Å². The molecule has 2 rings (SSSR count). The van der Waals surface area contributed by atoms with E-state index < -0.39 is 0 Å². The smallest absolute Gasteiger partial charge is 0.192 e. The Bertz CT molecular complexity index is 339. The van der Waals surface area contributed by atoms with Gasteiger partial charge in [0.2, 0.25) is 0 Å². The van der Waals surface area contributed by atoms with Gasteiger partial charge < -0.3 is 0 Å². The van der Waals surface area contributed by atoms with Gasteiger partial charge in [-0.2, -0.15) is 0 Å². The van der Waals surface area contributed by atoms with Crippen molar-refractivity contribution in [3.8, 4) is 0 Å². The Labute approximate surface area is 108 Å². The fourth-order valence-electron chi connectivity index (χ4n) is 1.88. The van der Waals surface area contributed by atoms with Crippen LogP contribution < -0.4 is 0 Å². The van der Waals surface area contributed by atoms with Gasteiger partial charge in [-0.25, -0.2) is 0 Å². The van der Waals surface area contributed by atoms with Crippen LogP contribution in [0.3, 0.4) is 0 Å². The van der Waals surface area contributed by atoms with Crippen molar-refractivity contribution in [1.29, 1.82) is 0 Å². The fourth-order valence-corrected chi connectivity index (χ4v) is 3.87. The average Bonchev–Trinajstić information content (AvgIpc) is 2.61. The van der Waals surface area contributed by atoms with E-state index in [0.29, 0.717) is 10.4 Å². The minimum absolute atomic E-state index is 0.247. The third-order valence-corrected chi connectivity index (χ3v) is 5.58. The highest BCUT2D eigenvalue weighted by Crippen LogP contribution is 2.35. The predicted octanol–water partition coefficient (Wildman–Crippen LogP) is 3.31. The van der Waals surface area contributed by atoms with E-state index in [2.05, 4.69) is 34.7 Å². The van der Waals surface area contributed by atoms with Crippen LogP contribution in [0.1, 0.15) is 12.0 Å². The number of benzene rings is 1. The highest BCUT2D eigenvalue weighted by atomic mass is 127. The van der Waals surface area contributed by atoms with Crippen LogP contribution in [-0.4, -0.2) is 14.8 Å². The van der Waals surface area contributed by atoms with Crippen molar-refractivity contribution in [1.82, 2.24) is 0 Å². The molecule has 1 heterocycles. The fraction of sp³-hybridized carbons (Fsp3) is 0.417. The lowest BCUT2D eigenvalue weighted by molar-refractivity contribution is -0.113. The molecule has 1 aromatic carbocycles. The van der Waals surface area contributed by atoms with Crippen molar-refractivity contribution >= 4 is 39.5 Å². The number of hydrogen-bond donors (Lipinski definition) is 0. The summed E-state index contributed by atoms with van der Waals surface area (Å²) in [5.41, 5.74) is 1.28. The van der Waals surface area contributed by atoms with E-state index in [1.54, 1.807) is 11.8 Å². The molecule has 0 bridgehead atoms. The van der Waals surface area contributed by atoms with Crippen LogP contribution in [0.15, 0.2) is 30.3 Å². The predicted molar refractivity (Wildman–Crippen MR) is 73.5 cm³/mol. The maximum atomic E-state index is 11.7. The monoisotopic (exact) mass is 332 g/mol. The molecule has 1 aromatic rings. The van der Waals surface area contributed by atoms with Crippen molar-refractivity contribution < 1.29 is 4.79 Å². The van der Waals surface area contributed by atoms with Crippen molar-refractivity contribution in [2.24, 2.45) is 5.92 Å². The van der Waals surface area contributed by atoms with Gasteiger partial charge in [0.1, 0.15) is 0 Å². The van der Waals surface area contributed by atoms with Gasteiger partial charge in [0.05, 0.1) is 0 Å². The van der Waals surface area contributed by atoms with Gasteiger partial charge in [-0.1, -0.05) is 64.7 Å². The first-order valence-electron chi connectivity index (χ1n) is 5.10. The highest BCUT2D eigenvalue weighted by Gasteiger charge is 2.32. The van der Waals surface area contributed by atoms with Gasteiger partial charge >= 0.3 is 0 Å². The topological polar surface area (TPSA) is 17.1 Å². The molecule has 0 amide bonds. The first-order chi connectivity index (χ1) is 7.29. The molecule has 1 fully saturated rings. The Balaban J connectivity index is 1.99. The lowest BCUT2D eigenvalue weighted by atomic mass is 9.97. The maximum Gasteiger partial charge on any atom is 0.192 e. The third kappa shape index (κ3) is 2.97. The van der Waals surface area contributed by atoms with Crippen LogP contribution in [0.5, 0.6) is 0 Å². The zero-order chi connectivity index (χ0) is 10.7. The molecular weight excluding hydrogens is 319 g/mol. The summed E-state index contributed by atoms with van der Waals surface area (Å²) in [6, 6.07) is 10.3. The Morgan fingerprint density at radius 2 is 2.07 bits per heavy atom. The van der Waals surface area contributed by atoms with Crippen LogP contribution in [-0.2, 0) is 11.2 Å². The van der Waals surface area contributed by atoms with E-state index in [9.17, 15) is 4.79 Å². The summed E-state index contributed by atoms with van der Waals surface area (Å²) in [7, 11) is 0. The number of carbonyl (C=O) groups is 1. The van der Waals surface area contributed by atoms with Crippen molar-refractivity contribution in [2.75, 3.05) is 4.43 Å². The Hall–Kier alpha value is -0.0300. The average molecular weight is 332 g/mol. The quantitative estimate of drug-likeness (QED) is 0.624. The van der Waals surface area contributed by atoms with E-state index in [-0.39, 0.29) is 5.92 Å². The summed E-state index contributed by atoms with van der Waals surface area (Å²) < 4.78 is 1.08. The second-order valence-electron chi connectivity index (χ2n) is 3.84. The largest absolute Gasteiger partial charge is 0.287 e. The summed E-state index contributed by atoms with van der Waals surface area (Å²) in [6.45, 7) is 0. The van der Waals surface area contributed by atoms with Crippen molar-refractivity contribution in [3.63, 3.8) is 0 Å². The summed E-state index contributed by atoms with van der Waals surface area (Å²) in [6.07, 6.45) is 1.97. The molecule has 0 aliphatic carbocycles. The molecule has 1 aliphatic heterocycles. The molecule has 2 atom stereocenters. The van der Waals surface area contributed by atoms with Gasteiger partial charge in [-0.15, -0.1) is 0 Å². The van der Waals surface area contributed by atoms with Gasteiger partial charge in [0.25, 0.3) is 0 Å². The molecule has 0 aromatic heterocycles. The van der Waals surface area contributed by atoms with Gasteiger partial charge in [0.15, 0.2) is 5.12 Å². The van der Waals surface area contributed by atoms with Gasteiger partial charge in [-0.05, 0) is 18.4 Å². The number of carbonyl (C=O) groups excluding carboxylic acids is 1. The zero-order valence-electron chi connectivity index (χ0n) is 8.36. The maximum absolute atomic E-state index is 11.7. The number of hydrogen-bond acceptors (Lipinski definition) is 2. The molecule has 0 unspecified atom stereocenters. The van der Waals surface area contributed by atoms with E-state index in [0.717, 1.165) is 17.3 Å². The van der Waals surface area contributed by atoms with Gasteiger partial charge in [-0.3, -0.25) is 4.79 Å². The number of alkyl halides is 1. The molecule has 0 spiro atoms. The molecule has 3 heteroatoms. The Morgan fingerprint density at radius 3 is 2.67 bits per heavy atom. The second kappa shape index (κ2) is 5.34. The molecule has 15 heavy (non-hydrogen) atoms. The van der Waals surface area contributed by atoms with E-state index in [1.165, 1.54) is 5.56 Å². The lowest BCUT2D eigenvalue weighted by Crippen LogP contribution is -2.09. The van der Waals surface area contributed by atoms with E-state index in [1.807, 2.05) is 18.2 Å². The Morgan fingerprint density at radius 1 is 1.33 bits per heavy atom. The van der Waals surface area contributed by atoms with E-state index in [4.69, 9.17) is 0 Å². The highest BCUT2D eigenvalue weighted by molar-refractivity contribution is 14.1. The first kappa shape index (κ1) is 11.5. The molecule has 80 valence electrons. The van der Waals surface area contributed by atoms with Crippen LogP contribution in [0.2, 0.25) is 0 Å². The first-order valence-corrected chi connectivity index (χ1v) is 7.50. The zero-order valence-corrected chi connectivity index (χ0v) is 11.3. The standard InChI is InChI=1S/C12H13IOS/c13-8-11-7-10(12(14)15-11)6-9-4-2-1-3-5-9/h1-5,10-11H,6-8H2/t10-,11+/m1/s1.